The molecule has 1 rings (SSSR count). The number of halogens is 1. The summed E-state index contributed by atoms with van der Waals surface area (Å²) in [5, 5.41) is 27.7. The van der Waals surface area contributed by atoms with Gasteiger partial charge >= 0.3 is 0 Å². The largest absolute Gasteiger partial charge is 0.506 e. The number of aliphatic hydroxyl groups is 1. The second-order valence-corrected chi connectivity index (χ2v) is 4.60. The molecule has 1 aromatic rings. The van der Waals surface area contributed by atoms with Crippen LogP contribution in [0.15, 0.2) is 12.1 Å². The molecular weight excluding hydrogens is 223 g/mol. The van der Waals surface area contributed by atoms with E-state index in [2.05, 4.69) is 0 Å². The minimum absolute atomic E-state index is 0.188. The predicted molar refractivity (Wildman–Crippen MR) is 60.6 cm³/mol. The summed E-state index contributed by atoms with van der Waals surface area (Å²) in [5.74, 6) is -1.25. The predicted octanol–water partition coefficient (Wildman–Crippen LogP) is 1.42. The molecule has 1 atom stereocenters. The summed E-state index contributed by atoms with van der Waals surface area (Å²) in [5.41, 5.74) is 5.05. The van der Waals surface area contributed by atoms with Gasteiger partial charge in [-0.05, 0) is 6.07 Å². The minimum Gasteiger partial charge on any atom is -0.506 e. The Kier molecular flexibility index (Phi) is 3.71. The smallest absolute Gasteiger partial charge is 0.144 e. The van der Waals surface area contributed by atoms with Crippen LogP contribution in [0.1, 0.15) is 31.0 Å². The third kappa shape index (κ3) is 2.38. The molecular formula is C12H15FN2O2. The highest BCUT2D eigenvalue weighted by Crippen LogP contribution is 2.37. The van der Waals surface area contributed by atoms with E-state index in [1.165, 1.54) is 6.07 Å². The Morgan fingerprint density at radius 1 is 1.53 bits per heavy atom. The van der Waals surface area contributed by atoms with Crippen LogP contribution in [0.3, 0.4) is 0 Å². The number of hydrogen-bond acceptors (Lipinski definition) is 4. The Morgan fingerprint density at radius 2 is 2.12 bits per heavy atom. The lowest BCUT2D eigenvalue weighted by Crippen LogP contribution is -2.32. The number of phenolic OH excluding ortho intramolecular Hbond substituents is 1. The topological polar surface area (TPSA) is 90.3 Å². The fraction of sp³-hybridized carbons (Fsp3) is 0.417. The first kappa shape index (κ1) is 13.4. The van der Waals surface area contributed by atoms with Gasteiger partial charge in [0.15, 0.2) is 0 Å². The van der Waals surface area contributed by atoms with Gasteiger partial charge in [-0.3, -0.25) is 0 Å². The molecule has 92 valence electrons. The third-order valence-corrected chi connectivity index (χ3v) is 2.85. The first-order chi connectivity index (χ1) is 7.85. The lowest BCUT2D eigenvalue weighted by Gasteiger charge is -2.30. The van der Waals surface area contributed by atoms with Crippen LogP contribution in [0.25, 0.3) is 0 Å². The van der Waals surface area contributed by atoms with Crippen molar-refractivity contribution in [1.82, 2.24) is 0 Å². The highest BCUT2D eigenvalue weighted by Gasteiger charge is 2.30. The maximum absolute atomic E-state index is 13.2. The van der Waals surface area contributed by atoms with Gasteiger partial charge in [0.05, 0.1) is 0 Å². The maximum Gasteiger partial charge on any atom is 0.144 e. The number of hydrogen-bond donors (Lipinski definition) is 3. The first-order valence-electron chi connectivity index (χ1n) is 5.13. The summed E-state index contributed by atoms with van der Waals surface area (Å²) in [4.78, 5) is 0. The first-order valence-corrected chi connectivity index (χ1v) is 5.13. The van der Waals surface area contributed by atoms with Gasteiger partial charge in [0.1, 0.15) is 23.2 Å². The number of nitrogens with two attached hydrogens (primary N) is 1. The van der Waals surface area contributed by atoms with E-state index in [1.54, 1.807) is 19.9 Å². The zero-order valence-electron chi connectivity index (χ0n) is 9.74. The SMILES string of the molecule is CC(C)(CO)[C@H](N)c1ccc(F)c(C#N)c1O. The van der Waals surface area contributed by atoms with E-state index < -0.39 is 28.6 Å². The molecule has 0 aliphatic carbocycles. The molecule has 17 heavy (non-hydrogen) atoms. The van der Waals surface area contributed by atoms with Gasteiger partial charge in [-0.2, -0.15) is 5.26 Å². The van der Waals surface area contributed by atoms with Crippen LogP contribution >= 0.6 is 0 Å². The zero-order chi connectivity index (χ0) is 13.2. The molecule has 0 aliphatic heterocycles. The fourth-order valence-corrected chi connectivity index (χ4v) is 1.46. The van der Waals surface area contributed by atoms with Crippen LogP contribution in [0.2, 0.25) is 0 Å². The Balaban J connectivity index is 3.31. The molecule has 0 bridgehead atoms. The molecule has 0 amide bonds. The Morgan fingerprint density at radius 3 is 2.59 bits per heavy atom. The van der Waals surface area contributed by atoms with Gasteiger partial charge in [-0.15, -0.1) is 0 Å². The Bertz CT molecular complexity index is 466. The molecule has 0 radical (unpaired) electrons. The van der Waals surface area contributed by atoms with E-state index in [-0.39, 0.29) is 12.2 Å². The summed E-state index contributed by atoms with van der Waals surface area (Å²) < 4.78 is 13.2. The van der Waals surface area contributed by atoms with Gasteiger partial charge in [0.2, 0.25) is 0 Å². The van der Waals surface area contributed by atoms with Crippen LogP contribution < -0.4 is 5.73 Å². The average molecular weight is 238 g/mol. The monoisotopic (exact) mass is 238 g/mol. The number of rotatable bonds is 3. The van der Waals surface area contributed by atoms with Crippen molar-refractivity contribution >= 4 is 0 Å². The normalized spacial score (nSPS) is 13.2. The third-order valence-electron chi connectivity index (χ3n) is 2.85. The van der Waals surface area contributed by atoms with Crippen molar-refractivity contribution in [3.63, 3.8) is 0 Å². The summed E-state index contributed by atoms with van der Waals surface area (Å²) in [6, 6.07) is 3.30. The van der Waals surface area contributed by atoms with Crippen molar-refractivity contribution in [2.45, 2.75) is 19.9 Å². The molecule has 0 saturated carbocycles. The quantitative estimate of drug-likeness (QED) is 0.742. The van der Waals surface area contributed by atoms with E-state index in [0.29, 0.717) is 0 Å². The van der Waals surface area contributed by atoms with E-state index in [9.17, 15) is 14.6 Å². The van der Waals surface area contributed by atoms with Crippen molar-refractivity contribution in [3.8, 4) is 11.8 Å². The van der Waals surface area contributed by atoms with Gasteiger partial charge in [0, 0.05) is 23.6 Å². The average Bonchev–Trinajstić information content (AvgIpc) is 2.29. The number of aliphatic hydroxyl groups excluding tert-OH is 1. The Labute approximate surface area is 99.1 Å². The maximum atomic E-state index is 13.2. The number of aromatic hydroxyl groups is 1. The van der Waals surface area contributed by atoms with Crippen molar-refractivity contribution in [1.29, 1.82) is 5.26 Å². The number of nitriles is 1. The molecule has 0 unspecified atom stereocenters. The van der Waals surface area contributed by atoms with E-state index in [4.69, 9.17) is 11.0 Å². The highest BCUT2D eigenvalue weighted by atomic mass is 19.1. The highest BCUT2D eigenvalue weighted by molar-refractivity contribution is 5.49. The fourth-order valence-electron chi connectivity index (χ4n) is 1.46. The molecule has 0 fully saturated rings. The van der Waals surface area contributed by atoms with Crippen LogP contribution in [0, 0.1) is 22.6 Å². The number of phenols is 1. The molecule has 0 heterocycles. The minimum atomic E-state index is -0.789. The number of nitrogens with zero attached hydrogens (tertiary/aromatic N) is 1. The van der Waals surface area contributed by atoms with Gasteiger partial charge < -0.3 is 15.9 Å². The van der Waals surface area contributed by atoms with E-state index >= 15 is 0 Å². The van der Waals surface area contributed by atoms with Crippen LogP contribution in [-0.2, 0) is 0 Å². The van der Waals surface area contributed by atoms with E-state index in [0.717, 1.165) is 6.07 Å². The lowest BCUT2D eigenvalue weighted by molar-refractivity contribution is 0.131. The standard InChI is InChI=1S/C12H15FN2O2/c1-12(2,6-16)11(15)7-3-4-9(13)8(5-14)10(7)17/h3-4,11,16-17H,6,15H2,1-2H3/t11-/m1/s1. The Hall–Kier alpha value is -1.64. The molecule has 4 N–H and O–H groups in total. The van der Waals surface area contributed by atoms with Crippen molar-refractivity contribution in [2.75, 3.05) is 6.61 Å². The summed E-state index contributed by atoms with van der Waals surface area (Å²) >= 11 is 0. The molecule has 0 saturated heterocycles. The second kappa shape index (κ2) is 4.70. The van der Waals surface area contributed by atoms with Gasteiger partial charge in [0.25, 0.3) is 0 Å². The zero-order valence-corrected chi connectivity index (χ0v) is 9.74. The van der Waals surface area contributed by atoms with Crippen molar-refractivity contribution in [3.05, 3.63) is 29.1 Å². The molecule has 4 nitrogen and oxygen atoms in total. The summed E-state index contributed by atoms with van der Waals surface area (Å²) in [7, 11) is 0. The van der Waals surface area contributed by atoms with Crippen LogP contribution in [-0.4, -0.2) is 16.8 Å². The van der Waals surface area contributed by atoms with Crippen molar-refractivity contribution in [2.24, 2.45) is 11.1 Å². The van der Waals surface area contributed by atoms with Crippen LogP contribution in [0.4, 0.5) is 4.39 Å². The molecule has 5 heteroatoms. The van der Waals surface area contributed by atoms with E-state index in [1.807, 2.05) is 0 Å². The number of benzene rings is 1. The van der Waals surface area contributed by atoms with Gasteiger partial charge in [-0.1, -0.05) is 19.9 Å². The second-order valence-electron chi connectivity index (χ2n) is 4.60. The van der Waals surface area contributed by atoms with Crippen LogP contribution in [0.5, 0.6) is 5.75 Å². The van der Waals surface area contributed by atoms with Crippen molar-refractivity contribution < 1.29 is 14.6 Å². The van der Waals surface area contributed by atoms with Gasteiger partial charge in [-0.25, -0.2) is 4.39 Å². The molecule has 0 aromatic heterocycles. The molecule has 1 aromatic carbocycles. The summed E-state index contributed by atoms with van der Waals surface area (Å²) in [6.45, 7) is 3.24. The molecule has 0 spiro atoms. The molecule has 0 aliphatic rings. The summed E-state index contributed by atoms with van der Waals surface area (Å²) in [6.07, 6.45) is 0. The lowest BCUT2D eigenvalue weighted by atomic mass is 9.81.